The molecule has 3 N–H and O–H groups in total. The third-order valence-electron chi connectivity index (χ3n) is 3.97. The Morgan fingerprint density at radius 1 is 1.40 bits per heavy atom. The summed E-state index contributed by atoms with van der Waals surface area (Å²) in [5.41, 5.74) is 6.14. The molecule has 20 heavy (non-hydrogen) atoms. The lowest BCUT2D eigenvalue weighted by molar-refractivity contribution is -0.126. The van der Waals surface area contributed by atoms with Crippen LogP contribution in [0.1, 0.15) is 45.1 Å². The van der Waals surface area contributed by atoms with E-state index < -0.39 is 11.0 Å². The first-order valence-electron chi connectivity index (χ1n) is 7.17. The Bertz CT molecular complexity index is 487. The van der Waals surface area contributed by atoms with Crippen LogP contribution >= 0.6 is 11.6 Å². The SMILES string of the molecule is CC(C)(N)CNC(=O)C1(c2cccc(Cl)c2)CCCC1. The van der Waals surface area contributed by atoms with Crippen molar-refractivity contribution in [3.63, 3.8) is 0 Å². The van der Waals surface area contributed by atoms with Crippen molar-refractivity contribution in [1.82, 2.24) is 5.32 Å². The Morgan fingerprint density at radius 2 is 2.05 bits per heavy atom. The molecule has 3 nitrogen and oxygen atoms in total. The van der Waals surface area contributed by atoms with Crippen LogP contribution in [0.25, 0.3) is 0 Å². The van der Waals surface area contributed by atoms with E-state index >= 15 is 0 Å². The van der Waals surface area contributed by atoms with Gasteiger partial charge in [-0.15, -0.1) is 0 Å². The van der Waals surface area contributed by atoms with Crippen molar-refractivity contribution in [2.45, 2.75) is 50.5 Å². The summed E-state index contributed by atoms with van der Waals surface area (Å²) in [5.74, 6) is 0.0794. The van der Waals surface area contributed by atoms with E-state index in [1.807, 2.05) is 38.1 Å². The van der Waals surface area contributed by atoms with Crippen LogP contribution in [-0.2, 0) is 10.2 Å². The molecule has 2 rings (SSSR count). The van der Waals surface area contributed by atoms with E-state index in [0.29, 0.717) is 11.6 Å². The molecule has 0 unspecified atom stereocenters. The van der Waals surface area contributed by atoms with Crippen molar-refractivity contribution < 1.29 is 4.79 Å². The highest BCUT2D eigenvalue weighted by molar-refractivity contribution is 6.30. The maximum absolute atomic E-state index is 12.7. The van der Waals surface area contributed by atoms with Crippen LogP contribution < -0.4 is 11.1 Å². The highest BCUT2D eigenvalue weighted by atomic mass is 35.5. The number of amides is 1. The number of nitrogens with one attached hydrogen (secondary N) is 1. The molecule has 1 aromatic carbocycles. The van der Waals surface area contributed by atoms with Gasteiger partial charge in [-0.2, -0.15) is 0 Å². The molecule has 0 aromatic heterocycles. The van der Waals surface area contributed by atoms with Crippen molar-refractivity contribution in [3.05, 3.63) is 34.9 Å². The summed E-state index contributed by atoms with van der Waals surface area (Å²) >= 11 is 6.09. The third-order valence-corrected chi connectivity index (χ3v) is 4.21. The summed E-state index contributed by atoms with van der Waals surface area (Å²) < 4.78 is 0. The predicted molar refractivity (Wildman–Crippen MR) is 82.9 cm³/mol. The number of hydrogen-bond acceptors (Lipinski definition) is 2. The second kappa shape index (κ2) is 5.74. The van der Waals surface area contributed by atoms with Crippen molar-refractivity contribution in [1.29, 1.82) is 0 Å². The highest BCUT2D eigenvalue weighted by Gasteiger charge is 2.42. The predicted octanol–water partition coefficient (Wildman–Crippen LogP) is 3.01. The van der Waals surface area contributed by atoms with Crippen molar-refractivity contribution in [2.24, 2.45) is 5.73 Å². The molecular formula is C16H23ClN2O. The Hall–Kier alpha value is -1.06. The second-order valence-corrected chi connectivity index (χ2v) is 6.91. The lowest BCUT2D eigenvalue weighted by Gasteiger charge is -2.30. The van der Waals surface area contributed by atoms with Crippen molar-refractivity contribution >= 4 is 17.5 Å². The first-order valence-corrected chi connectivity index (χ1v) is 7.55. The number of halogens is 1. The first-order chi connectivity index (χ1) is 9.33. The number of nitrogens with two attached hydrogens (primary N) is 1. The van der Waals surface area contributed by atoms with Crippen LogP contribution in [0.15, 0.2) is 24.3 Å². The number of benzene rings is 1. The molecule has 0 radical (unpaired) electrons. The first kappa shape index (κ1) is 15.3. The normalized spacial score (nSPS) is 18.0. The molecule has 110 valence electrons. The summed E-state index contributed by atoms with van der Waals surface area (Å²) in [6, 6.07) is 7.68. The molecule has 1 saturated carbocycles. The smallest absolute Gasteiger partial charge is 0.230 e. The molecule has 0 spiro atoms. The summed E-state index contributed by atoms with van der Waals surface area (Å²) in [7, 11) is 0. The van der Waals surface area contributed by atoms with E-state index in [0.717, 1.165) is 31.2 Å². The Labute approximate surface area is 125 Å². The fourth-order valence-electron chi connectivity index (χ4n) is 2.89. The zero-order valence-corrected chi connectivity index (χ0v) is 13.0. The minimum Gasteiger partial charge on any atom is -0.354 e. The standard InChI is InChI=1S/C16H23ClN2O/c1-15(2,18)11-19-14(20)16(8-3-4-9-16)12-6-5-7-13(17)10-12/h5-7,10H,3-4,8-9,11,18H2,1-2H3,(H,19,20). The molecule has 1 aliphatic rings. The second-order valence-electron chi connectivity index (χ2n) is 6.47. The van der Waals surface area contributed by atoms with E-state index in [9.17, 15) is 4.79 Å². The number of rotatable bonds is 4. The van der Waals surface area contributed by atoms with E-state index in [2.05, 4.69) is 5.32 Å². The van der Waals surface area contributed by atoms with E-state index in [1.54, 1.807) is 0 Å². The van der Waals surface area contributed by atoms with Gasteiger partial charge in [0.05, 0.1) is 5.41 Å². The van der Waals surface area contributed by atoms with Gasteiger partial charge in [-0.25, -0.2) is 0 Å². The van der Waals surface area contributed by atoms with E-state index in [-0.39, 0.29) is 5.91 Å². The van der Waals surface area contributed by atoms with Crippen molar-refractivity contribution in [2.75, 3.05) is 6.54 Å². The number of hydrogen-bond donors (Lipinski definition) is 2. The van der Waals surface area contributed by atoms with Crippen LogP contribution in [0.2, 0.25) is 5.02 Å². The lowest BCUT2D eigenvalue weighted by atomic mass is 9.78. The molecule has 0 saturated heterocycles. The zero-order chi connectivity index (χ0) is 14.8. The molecule has 1 amide bonds. The molecule has 1 aromatic rings. The molecule has 4 heteroatoms. The summed E-state index contributed by atoms with van der Waals surface area (Å²) in [5, 5.41) is 3.70. The summed E-state index contributed by atoms with van der Waals surface area (Å²) in [6.07, 6.45) is 3.91. The van der Waals surface area contributed by atoms with Gasteiger partial charge in [0, 0.05) is 17.1 Å². The molecule has 0 aliphatic heterocycles. The lowest BCUT2D eigenvalue weighted by Crippen LogP contribution is -2.50. The summed E-state index contributed by atoms with van der Waals surface area (Å²) in [4.78, 5) is 12.7. The van der Waals surface area contributed by atoms with Gasteiger partial charge in [-0.3, -0.25) is 4.79 Å². The van der Waals surface area contributed by atoms with E-state index in [4.69, 9.17) is 17.3 Å². The quantitative estimate of drug-likeness (QED) is 0.897. The molecule has 1 fully saturated rings. The van der Waals surface area contributed by atoms with Crippen molar-refractivity contribution in [3.8, 4) is 0 Å². The fraction of sp³-hybridized carbons (Fsp3) is 0.562. The molecule has 0 bridgehead atoms. The van der Waals surface area contributed by atoms with E-state index in [1.165, 1.54) is 0 Å². The Balaban J connectivity index is 2.24. The fourth-order valence-corrected chi connectivity index (χ4v) is 3.08. The number of carbonyl (C=O) groups excluding carboxylic acids is 1. The largest absolute Gasteiger partial charge is 0.354 e. The monoisotopic (exact) mass is 294 g/mol. The molecular weight excluding hydrogens is 272 g/mol. The van der Waals surface area contributed by atoms with Gasteiger partial charge >= 0.3 is 0 Å². The summed E-state index contributed by atoms with van der Waals surface area (Å²) in [6.45, 7) is 4.30. The van der Waals surface area contributed by atoms with Crippen LogP contribution in [0, 0.1) is 0 Å². The van der Waals surface area contributed by atoms with Gasteiger partial charge < -0.3 is 11.1 Å². The third kappa shape index (κ3) is 3.33. The minimum absolute atomic E-state index is 0.0794. The molecule has 0 atom stereocenters. The van der Waals surface area contributed by atoms with Crippen LogP contribution in [0.5, 0.6) is 0 Å². The zero-order valence-electron chi connectivity index (χ0n) is 12.2. The van der Waals surface area contributed by atoms with Crippen LogP contribution in [-0.4, -0.2) is 18.0 Å². The van der Waals surface area contributed by atoms with Gasteiger partial charge in [0.1, 0.15) is 0 Å². The maximum Gasteiger partial charge on any atom is 0.230 e. The average Bonchev–Trinajstić information content (AvgIpc) is 2.85. The molecule has 0 heterocycles. The number of carbonyl (C=O) groups is 1. The van der Waals surface area contributed by atoms with Gasteiger partial charge in [0.25, 0.3) is 0 Å². The van der Waals surface area contributed by atoms with Crippen LogP contribution in [0.3, 0.4) is 0 Å². The molecule has 1 aliphatic carbocycles. The average molecular weight is 295 g/mol. The van der Waals surface area contributed by atoms with Crippen LogP contribution in [0.4, 0.5) is 0 Å². The Kier molecular flexibility index (Phi) is 4.40. The topological polar surface area (TPSA) is 55.1 Å². The van der Waals surface area contributed by atoms with Gasteiger partial charge in [0.2, 0.25) is 5.91 Å². The Morgan fingerprint density at radius 3 is 2.60 bits per heavy atom. The van der Waals surface area contributed by atoms with Gasteiger partial charge in [-0.05, 0) is 44.4 Å². The maximum atomic E-state index is 12.7. The highest BCUT2D eigenvalue weighted by Crippen LogP contribution is 2.42. The van der Waals surface area contributed by atoms with Gasteiger partial charge in [-0.1, -0.05) is 36.6 Å². The minimum atomic E-state index is -0.434. The van der Waals surface area contributed by atoms with Gasteiger partial charge in [0.15, 0.2) is 0 Å².